The summed E-state index contributed by atoms with van der Waals surface area (Å²) in [5, 5.41) is 5.90. The molecule has 2 N–H and O–H groups in total. The van der Waals surface area contributed by atoms with Crippen molar-refractivity contribution in [2.24, 2.45) is 4.40 Å². The lowest BCUT2D eigenvalue weighted by Crippen LogP contribution is -2.43. The molecule has 2 amide bonds. The van der Waals surface area contributed by atoms with Crippen molar-refractivity contribution in [1.82, 2.24) is 10.2 Å². The molecule has 9 heteroatoms. The molecule has 2 fully saturated rings. The molecule has 1 saturated carbocycles. The molecule has 0 radical (unpaired) electrons. The molecule has 1 saturated heterocycles. The van der Waals surface area contributed by atoms with Crippen LogP contribution in [0.3, 0.4) is 0 Å². The number of rotatable bonds is 4. The summed E-state index contributed by atoms with van der Waals surface area (Å²) in [4.78, 5) is 27.6. The molecule has 0 aromatic heterocycles. The molecule has 2 aromatic rings. The molecule has 5 rings (SSSR count). The Balaban J connectivity index is 1.38. The van der Waals surface area contributed by atoms with Crippen LogP contribution in [0, 0.1) is 6.92 Å². The fraction of sp³-hybridized carbons (Fsp3) is 0.348. The topological polar surface area (TPSA) is 108 Å². The molecule has 2 aliphatic heterocycles. The number of hydrogen-bond acceptors (Lipinski definition) is 5. The minimum Gasteiger partial charge on any atom is -0.349 e. The lowest BCUT2D eigenvalue weighted by Gasteiger charge is -2.26. The molecule has 1 aliphatic carbocycles. The summed E-state index contributed by atoms with van der Waals surface area (Å²) in [6.07, 6.45) is 3.35. The van der Waals surface area contributed by atoms with Gasteiger partial charge in [0, 0.05) is 29.4 Å². The van der Waals surface area contributed by atoms with Crippen LogP contribution < -0.4 is 10.6 Å². The number of sulfonamides is 1. The number of likely N-dealkylation sites (tertiary alicyclic amines) is 1. The lowest BCUT2D eigenvalue weighted by atomic mass is 10.1. The Morgan fingerprint density at radius 3 is 2.66 bits per heavy atom. The Labute approximate surface area is 186 Å². The zero-order valence-corrected chi connectivity index (χ0v) is 18.5. The van der Waals surface area contributed by atoms with Crippen LogP contribution in [0.25, 0.3) is 0 Å². The molecule has 166 valence electrons. The summed E-state index contributed by atoms with van der Waals surface area (Å²) in [5.74, 6) is -0.0602. The number of aryl methyl sites for hydroxylation is 1. The molecular formula is C23H24N4O4S. The van der Waals surface area contributed by atoms with Crippen LogP contribution in [-0.4, -0.2) is 49.6 Å². The standard InChI is InChI=1S/C23H24N4O4S/c1-14-8-9-15(22(28)24-16-10-11-16)13-18(14)25-23(29)19-6-4-12-27(19)21-17-5-2-3-7-20(17)32(30,31)26-21/h2-3,5,7-9,13,16,19H,4,6,10-12H2,1H3,(H,24,28)(H,25,29)/t19-/m0/s1. The molecule has 2 heterocycles. The van der Waals surface area contributed by atoms with Gasteiger partial charge in [-0.2, -0.15) is 8.42 Å². The number of carbonyl (C=O) groups is 2. The first-order valence-corrected chi connectivity index (χ1v) is 12.2. The van der Waals surface area contributed by atoms with Crippen molar-refractivity contribution in [2.45, 2.75) is 49.6 Å². The average molecular weight is 453 g/mol. The van der Waals surface area contributed by atoms with E-state index < -0.39 is 16.1 Å². The number of benzene rings is 2. The van der Waals surface area contributed by atoms with E-state index in [1.165, 1.54) is 6.07 Å². The minimum atomic E-state index is -3.76. The van der Waals surface area contributed by atoms with Gasteiger partial charge in [0.05, 0.1) is 0 Å². The van der Waals surface area contributed by atoms with Gasteiger partial charge in [0.2, 0.25) is 5.91 Å². The van der Waals surface area contributed by atoms with E-state index >= 15 is 0 Å². The molecule has 0 unspecified atom stereocenters. The molecule has 2 aromatic carbocycles. The second-order valence-corrected chi connectivity index (χ2v) is 10.1. The highest BCUT2D eigenvalue weighted by atomic mass is 32.2. The third-order valence-electron chi connectivity index (χ3n) is 6.11. The van der Waals surface area contributed by atoms with Crippen LogP contribution in [0.1, 0.15) is 47.2 Å². The molecule has 8 nitrogen and oxygen atoms in total. The van der Waals surface area contributed by atoms with Crippen molar-refractivity contribution in [3.63, 3.8) is 0 Å². The second-order valence-electron chi connectivity index (χ2n) is 8.50. The minimum absolute atomic E-state index is 0.146. The molecule has 0 spiro atoms. The van der Waals surface area contributed by atoms with E-state index in [0.29, 0.717) is 35.6 Å². The molecule has 32 heavy (non-hydrogen) atoms. The zero-order chi connectivity index (χ0) is 22.5. The Hall–Kier alpha value is -3.20. The molecule has 0 bridgehead atoms. The first-order valence-electron chi connectivity index (χ1n) is 10.8. The lowest BCUT2D eigenvalue weighted by molar-refractivity contribution is -0.119. The Morgan fingerprint density at radius 1 is 1.09 bits per heavy atom. The SMILES string of the molecule is Cc1ccc(C(=O)NC2CC2)cc1NC(=O)[C@@H]1CCCN1C1=NS(=O)(=O)c2ccccc21. The average Bonchev–Trinajstić information content (AvgIpc) is 3.36. The van der Waals surface area contributed by atoms with E-state index in [9.17, 15) is 18.0 Å². The van der Waals surface area contributed by atoms with Crippen molar-refractivity contribution < 1.29 is 18.0 Å². The summed E-state index contributed by atoms with van der Waals surface area (Å²) < 4.78 is 28.9. The number of amides is 2. The normalized spacial score (nSPS) is 21.1. The fourth-order valence-electron chi connectivity index (χ4n) is 4.20. The van der Waals surface area contributed by atoms with Crippen LogP contribution >= 0.6 is 0 Å². The number of nitrogens with one attached hydrogen (secondary N) is 2. The first kappa shape index (κ1) is 20.7. The van der Waals surface area contributed by atoms with Gasteiger partial charge in [0.25, 0.3) is 15.9 Å². The fourth-order valence-corrected chi connectivity index (χ4v) is 5.42. The maximum atomic E-state index is 13.2. The predicted octanol–water partition coefficient (Wildman–Crippen LogP) is 2.44. The van der Waals surface area contributed by atoms with Gasteiger partial charge >= 0.3 is 0 Å². The monoisotopic (exact) mass is 452 g/mol. The van der Waals surface area contributed by atoms with E-state index in [0.717, 1.165) is 24.8 Å². The van der Waals surface area contributed by atoms with Crippen molar-refractivity contribution >= 4 is 33.4 Å². The first-order chi connectivity index (χ1) is 15.3. The number of nitrogens with zero attached hydrogens (tertiary/aromatic N) is 2. The second kappa shape index (κ2) is 7.74. The Morgan fingerprint density at radius 2 is 1.88 bits per heavy atom. The van der Waals surface area contributed by atoms with E-state index in [1.54, 1.807) is 35.2 Å². The number of amidine groups is 1. The Bertz CT molecular complexity index is 1250. The summed E-state index contributed by atoms with van der Waals surface area (Å²) in [6.45, 7) is 2.41. The number of carbonyl (C=O) groups excluding carboxylic acids is 2. The quantitative estimate of drug-likeness (QED) is 0.741. The Kier molecular flexibility index (Phi) is 5.00. The zero-order valence-electron chi connectivity index (χ0n) is 17.7. The summed E-state index contributed by atoms with van der Waals surface area (Å²) >= 11 is 0. The van der Waals surface area contributed by atoms with Gasteiger partial charge in [-0.15, -0.1) is 4.40 Å². The predicted molar refractivity (Wildman–Crippen MR) is 120 cm³/mol. The van der Waals surface area contributed by atoms with Crippen LogP contribution in [0.15, 0.2) is 51.8 Å². The number of anilines is 1. The van der Waals surface area contributed by atoms with Gasteiger partial charge in [-0.25, -0.2) is 0 Å². The highest BCUT2D eigenvalue weighted by molar-refractivity contribution is 7.90. The van der Waals surface area contributed by atoms with Crippen molar-refractivity contribution in [3.8, 4) is 0 Å². The van der Waals surface area contributed by atoms with Gasteiger partial charge in [0.15, 0.2) is 5.84 Å². The van der Waals surface area contributed by atoms with Crippen LogP contribution in [0.5, 0.6) is 0 Å². The van der Waals surface area contributed by atoms with Crippen LogP contribution in [0.2, 0.25) is 0 Å². The smallest absolute Gasteiger partial charge is 0.285 e. The van der Waals surface area contributed by atoms with E-state index in [-0.39, 0.29) is 22.8 Å². The van der Waals surface area contributed by atoms with Crippen LogP contribution in [0.4, 0.5) is 5.69 Å². The van der Waals surface area contributed by atoms with Gasteiger partial charge in [-0.05, 0) is 62.4 Å². The van der Waals surface area contributed by atoms with Crippen molar-refractivity contribution in [3.05, 3.63) is 59.2 Å². The molecule has 3 aliphatic rings. The van der Waals surface area contributed by atoms with E-state index in [2.05, 4.69) is 15.0 Å². The largest absolute Gasteiger partial charge is 0.349 e. The number of fused-ring (bicyclic) bond motifs is 1. The summed E-state index contributed by atoms with van der Waals surface area (Å²) in [5.41, 5.74) is 2.45. The summed E-state index contributed by atoms with van der Waals surface area (Å²) in [7, 11) is -3.76. The third kappa shape index (κ3) is 3.77. The van der Waals surface area contributed by atoms with Gasteiger partial charge in [0.1, 0.15) is 10.9 Å². The van der Waals surface area contributed by atoms with Gasteiger partial charge in [-0.1, -0.05) is 18.2 Å². The van der Waals surface area contributed by atoms with Crippen molar-refractivity contribution in [1.29, 1.82) is 0 Å². The van der Waals surface area contributed by atoms with E-state index in [4.69, 9.17) is 0 Å². The molecule has 1 atom stereocenters. The van der Waals surface area contributed by atoms with E-state index in [1.807, 2.05) is 13.0 Å². The van der Waals surface area contributed by atoms with Crippen molar-refractivity contribution in [2.75, 3.05) is 11.9 Å². The van der Waals surface area contributed by atoms with Crippen LogP contribution in [-0.2, 0) is 14.8 Å². The van der Waals surface area contributed by atoms with Gasteiger partial charge < -0.3 is 15.5 Å². The van der Waals surface area contributed by atoms with Gasteiger partial charge in [-0.3, -0.25) is 9.59 Å². The third-order valence-corrected chi connectivity index (χ3v) is 7.44. The number of hydrogen-bond donors (Lipinski definition) is 2. The highest BCUT2D eigenvalue weighted by Gasteiger charge is 2.39. The maximum absolute atomic E-state index is 13.2. The highest BCUT2D eigenvalue weighted by Crippen LogP contribution is 2.31. The summed E-state index contributed by atoms with van der Waals surface area (Å²) in [6, 6.07) is 11.6. The maximum Gasteiger partial charge on any atom is 0.285 e. The molecular weight excluding hydrogens is 428 g/mol.